The van der Waals surface area contributed by atoms with Gasteiger partial charge < -0.3 is 10.1 Å². The maximum Gasteiger partial charge on any atom is 0.248 e. The summed E-state index contributed by atoms with van der Waals surface area (Å²) in [6, 6.07) is 14.2. The molecular weight excluding hydrogens is 402 g/mol. The zero-order valence-corrected chi connectivity index (χ0v) is 17.8. The van der Waals surface area contributed by atoms with E-state index in [9.17, 15) is 13.2 Å². The number of hydrogen-bond donors (Lipinski definition) is 2. The van der Waals surface area contributed by atoms with Crippen LogP contribution in [0.5, 0.6) is 0 Å². The van der Waals surface area contributed by atoms with Gasteiger partial charge in [-0.1, -0.05) is 31.2 Å². The van der Waals surface area contributed by atoms with E-state index in [0.717, 1.165) is 49.7 Å². The van der Waals surface area contributed by atoms with Gasteiger partial charge in [-0.15, -0.1) is 0 Å². The van der Waals surface area contributed by atoms with E-state index in [0.29, 0.717) is 6.54 Å². The number of nitrogens with one attached hydrogen (secondary N) is 2. The van der Waals surface area contributed by atoms with Crippen LogP contribution in [0.15, 0.2) is 59.5 Å². The van der Waals surface area contributed by atoms with Crippen LogP contribution in [0.3, 0.4) is 0 Å². The summed E-state index contributed by atoms with van der Waals surface area (Å²) in [4.78, 5) is 14.8. The van der Waals surface area contributed by atoms with E-state index in [4.69, 9.17) is 4.74 Å². The van der Waals surface area contributed by atoms with Crippen molar-refractivity contribution in [3.63, 3.8) is 0 Å². The van der Waals surface area contributed by atoms with Gasteiger partial charge in [0.15, 0.2) is 0 Å². The summed E-state index contributed by atoms with van der Waals surface area (Å²) in [6.45, 7) is 6.21. The molecule has 2 aromatic rings. The van der Waals surface area contributed by atoms with Gasteiger partial charge in [0, 0.05) is 37.9 Å². The zero-order chi connectivity index (χ0) is 21.4. The number of anilines is 1. The molecule has 1 saturated heterocycles. The molecule has 160 valence electrons. The van der Waals surface area contributed by atoms with Crippen molar-refractivity contribution in [3.8, 4) is 0 Å². The molecule has 0 spiro atoms. The van der Waals surface area contributed by atoms with Crippen LogP contribution in [0.25, 0.3) is 6.08 Å². The SMILES string of the molecule is CCNS(=O)(=O)c1ccc(/C=C/C(=O)Nc2cccc(CN3CCOCC3)c2)cc1. The molecule has 30 heavy (non-hydrogen) atoms. The molecule has 0 aliphatic carbocycles. The molecule has 0 unspecified atom stereocenters. The predicted octanol–water partition coefficient (Wildman–Crippen LogP) is 2.47. The van der Waals surface area contributed by atoms with E-state index < -0.39 is 10.0 Å². The molecule has 1 heterocycles. The van der Waals surface area contributed by atoms with Gasteiger partial charge >= 0.3 is 0 Å². The van der Waals surface area contributed by atoms with Crippen LogP contribution in [0, 0.1) is 0 Å². The number of ether oxygens (including phenoxy) is 1. The molecule has 0 radical (unpaired) electrons. The van der Waals surface area contributed by atoms with Crippen LogP contribution in [-0.4, -0.2) is 52.1 Å². The minimum atomic E-state index is -3.48. The number of rotatable bonds is 8. The van der Waals surface area contributed by atoms with Crippen molar-refractivity contribution in [2.24, 2.45) is 0 Å². The van der Waals surface area contributed by atoms with Gasteiger partial charge in [0.1, 0.15) is 0 Å². The molecule has 0 atom stereocenters. The Balaban J connectivity index is 1.57. The third-order valence-electron chi connectivity index (χ3n) is 4.66. The lowest BCUT2D eigenvalue weighted by molar-refractivity contribution is -0.111. The van der Waals surface area contributed by atoms with Crippen molar-refractivity contribution in [3.05, 3.63) is 65.7 Å². The van der Waals surface area contributed by atoms with Gasteiger partial charge in [-0.25, -0.2) is 13.1 Å². The molecule has 1 aliphatic rings. The number of carbonyl (C=O) groups is 1. The zero-order valence-electron chi connectivity index (χ0n) is 17.0. The summed E-state index contributed by atoms with van der Waals surface area (Å²) in [7, 11) is -3.48. The second-order valence-corrected chi connectivity index (χ2v) is 8.75. The molecule has 1 amide bonds. The Labute approximate surface area is 177 Å². The maximum atomic E-state index is 12.3. The topological polar surface area (TPSA) is 87.7 Å². The summed E-state index contributed by atoms with van der Waals surface area (Å²) < 4.78 is 31.7. The Morgan fingerprint density at radius 1 is 1.13 bits per heavy atom. The van der Waals surface area contributed by atoms with Crippen LogP contribution in [0.1, 0.15) is 18.1 Å². The van der Waals surface area contributed by atoms with E-state index in [-0.39, 0.29) is 10.8 Å². The monoisotopic (exact) mass is 429 g/mol. The summed E-state index contributed by atoms with van der Waals surface area (Å²) in [5.74, 6) is -0.247. The highest BCUT2D eigenvalue weighted by atomic mass is 32.2. The third-order valence-corrected chi connectivity index (χ3v) is 6.22. The Morgan fingerprint density at radius 2 is 1.87 bits per heavy atom. The van der Waals surface area contributed by atoms with Gasteiger partial charge in [-0.3, -0.25) is 9.69 Å². The Bertz CT molecular complexity index is 982. The first-order chi connectivity index (χ1) is 14.5. The average Bonchev–Trinajstić information content (AvgIpc) is 2.73. The number of benzene rings is 2. The van der Waals surface area contributed by atoms with Crippen molar-refractivity contribution >= 4 is 27.7 Å². The highest BCUT2D eigenvalue weighted by Crippen LogP contribution is 2.15. The highest BCUT2D eigenvalue weighted by Gasteiger charge is 2.12. The molecule has 7 nitrogen and oxygen atoms in total. The molecule has 1 aliphatic heterocycles. The lowest BCUT2D eigenvalue weighted by Gasteiger charge is -2.26. The van der Waals surface area contributed by atoms with Gasteiger partial charge in [0.05, 0.1) is 18.1 Å². The van der Waals surface area contributed by atoms with Gasteiger partial charge in [-0.05, 0) is 41.5 Å². The average molecular weight is 430 g/mol. The molecular formula is C22H27N3O4S. The molecule has 0 saturated carbocycles. The number of amides is 1. The first-order valence-corrected chi connectivity index (χ1v) is 11.4. The van der Waals surface area contributed by atoms with Crippen LogP contribution in [0.2, 0.25) is 0 Å². The standard InChI is InChI=1S/C22H27N3O4S/c1-2-23-30(27,28)21-9-6-18(7-10-21)8-11-22(26)24-20-5-3-4-19(16-20)17-25-12-14-29-15-13-25/h3-11,16,23H,2,12-15,17H2,1H3,(H,24,26)/b11-8+. The van der Waals surface area contributed by atoms with Crippen molar-refractivity contribution in [2.75, 3.05) is 38.2 Å². The molecule has 0 bridgehead atoms. The number of sulfonamides is 1. The van der Waals surface area contributed by atoms with Crippen LogP contribution in [-0.2, 0) is 26.1 Å². The fraction of sp³-hybridized carbons (Fsp3) is 0.318. The van der Waals surface area contributed by atoms with Crippen molar-refractivity contribution in [1.29, 1.82) is 0 Å². The van der Waals surface area contributed by atoms with Gasteiger partial charge in [0.25, 0.3) is 0 Å². The van der Waals surface area contributed by atoms with E-state index in [1.807, 2.05) is 24.3 Å². The van der Waals surface area contributed by atoms with Crippen LogP contribution >= 0.6 is 0 Å². The fourth-order valence-electron chi connectivity index (χ4n) is 3.15. The number of hydrogen-bond acceptors (Lipinski definition) is 5. The van der Waals surface area contributed by atoms with E-state index in [1.54, 1.807) is 25.1 Å². The molecule has 8 heteroatoms. The van der Waals surface area contributed by atoms with Crippen LogP contribution < -0.4 is 10.0 Å². The normalized spacial score (nSPS) is 15.4. The third kappa shape index (κ3) is 6.50. The second-order valence-electron chi connectivity index (χ2n) is 6.98. The predicted molar refractivity (Wildman–Crippen MR) is 118 cm³/mol. The second kappa shape index (κ2) is 10.5. The van der Waals surface area contributed by atoms with E-state index in [2.05, 4.69) is 14.9 Å². The van der Waals surface area contributed by atoms with E-state index in [1.165, 1.54) is 18.2 Å². The molecule has 2 aromatic carbocycles. The summed E-state index contributed by atoms with van der Waals surface area (Å²) in [6.07, 6.45) is 3.08. The minimum absolute atomic E-state index is 0.197. The van der Waals surface area contributed by atoms with Crippen molar-refractivity contribution in [2.45, 2.75) is 18.4 Å². The first kappa shape index (κ1) is 22.2. The Kier molecular flexibility index (Phi) is 7.75. The summed E-state index contributed by atoms with van der Waals surface area (Å²) in [5.41, 5.74) is 2.61. The van der Waals surface area contributed by atoms with Crippen LogP contribution in [0.4, 0.5) is 5.69 Å². The number of carbonyl (C=O) groups excluding carboxylic acids is 1. The maximum absolute atomic E-state index is 12.3. The molecule has 0 aromatic heterocycles. The molecule has 1 fully saturated rings. The molecule has 3 rings (SSSR count). The summed E-state index contributed by atoms with van der Waals surface area (Å²) in [5, 5.41) is 2.87. The Hall–Kier alpha value is -2.52. The quantitative estimate of drug-likeness (QED) is 0.630. The fourth-order valence-corrected chi connectivity index (χ4v) is 4.19. The molecule has 2 N–H and O–H groups in total. The smallest absolute Gasteiger partial charge is 0.248 e. The lowest BCUT2D eigenvalue weighted by atomic mass is 10.1. The number of nitrogens with zero attached hydrogens (tertiary/aromatic N) is 1. The van der Waals surface area contributed by atoms with Gasteiger partial charge in [0.2, 0.25) is 15.9 Å². The largest absolute Gasteiger partial charge is 0.379 e. The van der Waals surface area contributed by atoms with Gasteiger partial charge in [-0.2, -0.15) is 0 Å². The number of morpholine rings is 1. The Morgan fingerprint density at radius 3 is 2.57 bits per heavy atom. The lowest BCUT2D eigenvalue weighted by Crippen LogP contribution is -2.35. The van der Waals surface area contributed by atoms with E-state index >= 15 is 0 Å². The first-order valence-electron chi connectivity index (χ1n) is 9.94. The van der Waals surface area contributed by atoms with Crippen molar-refractivity contribution < 1.29 is 17.9 Å². The van der Waals surface area contributed by atoms with Crippen molar-refractivity contribution in [1.82, 2.24) is 9.62 Å². The highest BCUT2D eigenvalue weighted by molar-refractivity contribution is 7.89. The summed E-state index contributed by atoms with van der Waals surface area (Å²) >= 11 is 0. The minimum Gasteiger partial charge on any atom is -0.379 e.